The van der Waals surface area contributed by atoms with Crippen LogP contribution in [0.5, 0.6) is 0 Å². The fourth-order valence-electron chi connectivity index (χ4n) is 2.38. The third-order valence-corrected chi connectivity index (χ3v) is 3.31. The van der Waals surface area contributed by atoms with Crippen LogP contribution in [0.3, 0.4) is 0 Å². The molecular weight excluding hydrogens is 206 g/mol. The molecule has 0 amide bonds. The van der Waals surface area contributed by atoms with Crippen molar-refractivity contribution in [1.29, 1.82) is 0 Å². The summed E-state index contributed by atoms with van der Waals surface area (Å²) in [5.41, 5.74) is 3.95. The van der Waals surface area contributed by atoms with Crippen LogP contribution in [-0.4, -0.2) is 6.54 Å². The van der Waals surface area contributed by atoms with Gasteiger partial charge in [-0.25, -0.2) is 0 Å². The summed E-state index contributed by atoms with van der Waals surface area (Å²) in [5.74, 6) is 0. The Kier molecular flexibility index (Phi) is 2.45. The Morgan fingerprint density at radius 2 is 1.47 bits per heavy atom. The van der Waals surface area contributed by atoms with Gasteiger partial charge >= 0.3 is 0 Å². The predicted octanol–water partition coefficient (Wildman–Crippen LogP) is 1.62. The fraction of sp³-hybridized carbons (Fsp3) is 0.125. The molecule has 1 heterocycles. The van der Waals surface area contributed by atoms with Crippen molar-refractivity contribution < 1.29 is 0 Å². The monoisotopic (exact) mass is 221 g/mol. The fourth-order valence-corrected chi connectivity index (χ4v) is 2.38. The standard InChI is InChI=1S/C16H15N/c1-12-14-9-5-6-10-15(14)16(11-17-12)13-7-3-2-4-8-13/h2-10,17H,11H2,1H3. The Bertz CT molecular complexity index is 653. The normalized spacial score (nSPS) is 14.2. The average Bonchev–Trinajstić information content (AvgIpc) is 2.41. The summed E-state index contributed by atoms with van der Waals surface area (Å²) in [5, 5.41) is 6.14. The zero-order valence-electron chi connectivity index (χ0n) is 9.90. The molecule has 0 radical (unpaired) electrons. The van der Waals surface area contributed by atoms with Crippen molar-refractivity contribution in [2.24, 2.45) is 0 Å². The predicted molar refractivity (Wildman–Crippen MR) is 71.7 cm³/mol. The first-order valence-electron chi connectivity index (χ1n) is 5.95. The summed E-state index contributed by atoms with van der Waals surface area (Å²) in [6, 6.07) is 19.2. The Morgan fingerprint density at radius 1 is 0.824 bits per heavy atom. The molecule has 3 rings (SSSR count). The average molecular weight is 221 g/mol. The van der Waals surface area contributed by atoms with Gasteiger partial charge in [-0.05, 0) is 23.3 Å². The summed E-state index contributed by atoms with van der Waals surface area (Å²) >= 11 is 0. The van der Waals surface area contributed by atoms with Crippen molar-refractivity contribution in [3.63, 3.8) is 0 Å². The van der Waals surface area contributed by atoms with Crippen LogP contribution in [0.4, 0.5) is 0 Å². The van der Waals surface area contributed by atoms with Crippen molar-refractivity contribution in [3.05, 3.63) is 70.6 Å². The number of nitrogens with one attached hydrogen (secondary N) is 1. The zero-order valence-corrected chi connectivity index (χ0v) is 9.90. The summed E-state index contributed by atoms with van der Waals surface area (Å²) in [6.45, 7) is 3.05. The molecule has 0 saturated heterocycles. The minimum atomic E-state index is 0.910. The maximum atomic E-state index is 3.47. The van der Waals surface area contributed by atoms with Gasteiger partial charge in [-0.3, -0.25) is 0 Å². The number of rotatable bonds is 1. The maximum absolute atomic E-state index is 3.47. The molecule has 2 aromatic carbocycles. The molecule has 0 bridgehead atoms. The van der Waals surface area contributed by atoms with Gasteiger partial charge in [0.2, 0.25) is 0 Å². The smallest absolute Gasteiger partial charge is 0.0410 e. The van der Waals surface area contributed by atoms with E-state index in [0.717, 1.165) is 6.54 Å². The van der Waals surface area contributed by atoms with Gasteiger partial charge in [-0.1, -0.05) is 54.6 Å². The van der Waals surface area contributed by atoms with Gasteiger partial charge in [-0.15, -0.1) is 0 Å². The van der Waals surface area contributed by atoms with Gasteiger partial charge in [-0.2, -0.15) is 0 Å². The van der Waals surface area contributed by atoms with E-state index < -0.39 is 0 Å². The van der Waals surface area contributed by atoms with Crippen molar-refractivity contribution in [2.75, 3.05) is 6.54 Å². The van der Waals surface area contributed by atoms with Gasteiger partial charge in [0.05, 0.1) is 0 Å². The van der Waals surface area contributed by atoms with Crippen molar-refractivity contribution in [1.82, 2.24) is 5.32 Å². The molecule has 84 valence electrons. The molecule has 0 atom stereocenters. The van der Waals surface area contributed by atoms with E-state index in [1.807, 2.05) is 0 Å². The summed E-state index contributed by atoms with van der Waals surface area (Å²) in [7, 11) is 0. The Hall–Kier alpha value is -2.02. The van der Waals surface area contributed by atoms with E-state index in [2.05, 4.69) is 66.8 Å². The molecular formula is C16H15N. The number of hydrogen-bond acceptors (Lipinski definition) is 1. The maximum Gasteiger partial charge on any atom is 0.0410 e. The van der Waals surface area contributed by atoms with Crippen molar-refractivity contribution >= 4 is 11.3 Å². The second kappa shape index (κ2) is 4.10. The lowest BCUT2D eigenvalue weighted by Gasteiger charge is -2.17. The van der Waals surface area contributed by atoms with Crippen molar-refractivity contribution in [2.45, 2.75) is 6.92 Å². The van der Waals surface area contributed by atoms with Crippen LogP contribution in [0.15, 0.2) is 54.6 Å². The third-order valence-electron chi connectivity index (χ3n) is 3.31. The summed E-state index contributed by atoms with van der Waals surface area (Å²) in [6.07, 6.45) is 0. The highest BCUT2D eigenvalue weighted by Crippen LogP contribution is 2.11. The topological polar surface area (TPSA) is 12.0 Å². The molecule has 1 aliphatic heterocycles. The first-order chi connectivity index (χ1) is 8.36. The molecule has 0 saturated carbocycles. The van der Waals surface area contributed by atoms with E-state index in [-0.39, 0.29) is 0 Å². The van der Waals surface area contributed by atoms with Gasteiger partial charge in [0.1, 0.15) is 0 Å². The molecule has 1 heteroatoms. The van der Waals surface area contributed by atoms with Crippen LogP contribution < -0.4 is 15.8 Å². The molecule has 0 spiro atoms. The quantitative estimate of drug-likeness (QED) is 0.771. The Morgan fingerprint density at radius 3 is 2.24 bits per heavy atom. The first-order valence-corrected chi connectivity index (χ1v) is 5.95. The third kappa shape index (κ3) is 1.74. The SMILES string of the molecule is CC1=c2ccccc2=C(c2ccccc2)CN1. The van der Waals surface area contributed by atoms with Crippen LogP contribution in [0.25, 0.3) is 11.3 Å². The van der Waals surface area contributed by atoms with Crippen LogP contribution in [0, 0.1) is 0 Å². The number of benzene rings is 2. The van der Waals surface area contributed by atoms with Crippen LogP contribution >= 0.6 is 0 Å². The summed E-state index contributed by atoms with van der Waals surface area (Å²) < 4.78 is 0. The lowest BCUT2D eigenvalue weighted by molar-refractivity contribution is 0.974. The van der Waals surface area contributed by atoms with E-state index in [1.165, 1.54) is 27.3 Å². The molecule has 1 N–H and O–H groups in total. The highest BCUT2D eigenvalue weighted by atomic mass is 14.9. The molecule has 1 aliphatic rings. The van der Waals surface area contributed by atoms with E-state index in [1.54, 1.807) is 0 Å². The molecule has 2 aromatic rings. The molecule has 0 aromatic heterocycles. The Labute approximate surface area is 101 Å². The second-order valence-electron chi connectivity index (χ2n) is 4.37. The van der Waals surface area contributed by atoms with Gasteiger partial charge in [0.25, 0.3) is 0 Å². The molecule has 17 heavy (non-hydrogen) atoms. The van der Waals surface area contributed by atoms with Crippen molar-refractivity contribution in [3.8, 4) is 0 Å². The highest BCUT2D eigenvalue weighted by Gasteiger charge is 2.08. The second-order valence-corrected chi connectivity index (χ2v) is 4.37. The van der Waals surface area contributed by atoms with E-state index in [0.29, 0.717) is 0 Å². The van der Waals surface area contributed by atoms with Crippen LogP contribution in [0.1, 0.15) is 12.5 Å². The van der Waals surface area contributed by atoms with E-state index in [9.17, 15) is 0 Å². The molecule has 1 nitrogen and oxygen atoms in total. The van der Waals surface area contributed by atoms with Crippen LogP contribution in [-0.2, 0) is 0 Å². The molecule has 0 aliphatic carbocycles. The molecule has 0 unspecified atom stereocenters. The van der Waals surface area contributed by atoms with Gasteiger partial charge < -0.3 is 5.32 Å². The summed E-state index contributed by atoms with van der Waals surface area (Å²) in [4.78, 5) is 0. The van der Waals surface area contributed by atoms with Gasteiger partial charge in [0, 0.05) is 17.5 Å². The first kappa shape index (κ1) is 10.2. The lowest BCUT2D eigenvalue weighted by atomic mass is 9.99. The van der Waals surface area contributed by atoms with E-state index in [4.69, 9.17) is 0 Å². The highest BCUT2D eigenvalue weighted by molar-refractivity contribution is 5.70. The van der Waals surface area contributed by atoms with Crippen LogP contribution in [0.2, 0.25) is 0 Å². The minimum Gasteiger partial charge on any atom is -0.384 e. The minimum absolute atomic E-state index is 0.910. The van der Waals surface area contributed by atoms with E-state index >= 15 is 0 Å². The largest absolute Gasteiger partial charge is 0.384 e. The zero-order chi connectivity index (χ0) is 11.7. The van der Waals surface area contributed by atoms with Gasteiger partial charge in [0.15, 0.2) is 0 Å². The number of fused-ring (bicyclic) bond motifs is 1. The number of hydrogen-bond donors (Lipinski definition) is 1. The lowest BCUT2D eigenvalue weighted by Crippen LogP contribution is -2.39. The molecule has 0 fully saturated rings. The Balaban J connectivity index is 2.38.